The topological polar surface area (TPSA) is 57.5 Å². The van der Waals surface area contributed by atoms with E-state index in [0.29, 0.717) is 11.1 Å². The van der Waals surface area contributed by atoms with Crippen molar-refractivity contribution in [2.75, 3.05) is 0 Å². The number of rotatable bonds is 6. The second kappa shape index (κ2) is 7.46. The number of hydrogen-bond donors (Lipinski definition) is 2. The Kier molecular flexibility index (Phi) is 5.37. The second-order valence-corrected chi connectivity index (χ2v) is 5.18. The van der Waals surface area contributed by atoms with Crippen molar-refractivity contribution in [1.82, 2.24) is 0 Å². The Labute approximate surface area is 130 Å². The van der Waals surface area contributed by atoms with Gasteiger partial charge in [0.15, 0.2) is 0 Å². The van der Waals surface area contributed by atoms with Crippen molar-refractivity contribution in [3.63, 3.8) is 0 Å². The molecule has 0 bridgehead atoms. The largest absolute Gasteiger partial charge is 0.507 e. The van der Waals surface area contributed by atoms with Crippen LogP contribution in [0, 0.1) is 0 Å². The van der Waals surface area contributed by atoms with Crippen molar-refractivity contribution < 1.29 is 15.0 Å². The molecule has 2 rings (SSSR count). The third kappa shape index (κ3) is 3.76. The Morgan fingerprint density at radius 1 is 1.14 bits per heavy atom. The molecule has 2 aromatic carbocycles. The summed E-state index contributed by atoms with van der Waals surface area (Å²) >= 11 is 0. The van der Waals surface area contributed by atoms with Crippen LogP contribution in [0.25, 0.3) is 17.2 Å². The standard InChI is InChI=1S/C19H20O3/c1-2-3-7-16-11-10-15(12-13-17(20)21)18(19(16)22)14-8-5-4-6-9-14/h4-6,8-13,22H,2-3,7H2,1H3,(H,20,21)/b13-12+. The maximum absolute atomic E-state index is 10.8. The zero-order valence-corrected chi connectivity index (χ0v) is 12.6. The Hall–Kier alpha value is -2.55. The van der Waals surface area contributed by atoms with E-state index in [1.54, 1.807) is 0 Å². The van der Waals surface area contributed by atoms with Crippen LogP contribution in [-0.2, 0) is 11.2 Å². The zero-order valence-electron chi connectivity index (χ0n) is 12.6. The fourth-order valence-corrected chi connectivity index (χ4v) is 2.43. The number of phenols is 1. The first-order valence-electron chi connectivity index (χ1n) is 7.44. The molecule has 3 nitrogen and oxygen atoms in total. The fourth-order valence-electron chi connectivity index (χ4n) is 2.43. The third-order valence-corrected chi connectivity index (χ3v) is 3.56. The van der Waals surface area contributed by atoms with E-state index in [2.05, 4.69) is 6.92 Å². The van der Waals surface area contributed by atoms with Gasteiger partial charge in [0.2, 0.25) is 0 Å². The summed E-state index contributed by atoms with van der Waals surface area (Å²) in [6.45, 7) is 2.11. The predicted molar refractivity (Wildman–Crippen MR) is 88.8 cm³/mol. The van der Waals surface area contributed by atoms with E-state index in [1.807, 2.05) is 42.5 Å². The molecular weight excluding hydrogens is 276 g/mol. The lowest BCUT2D eigenvalue weighted by Crippen LogP contribution is -1.93. The Morgan fingerprint density at radius 2 is 1.86 bits per heavy atom. The van der Waals surface area contributed by atoms with Crippen molar-refractivity contribution in [3.05, 3.63) is 59.7 Å². The van der Waals surface area contributed by atoms with Crippen LogP contribution in [0.1, 0.15) is 30.9 Å². The average Bonchev–Trinajstić information content (AvgIpc) is 2.52. The number of aryl methyl sites for hydroxylation is 1. The molecule has 2 N–H and O–H groups in total. The summed E-state index contributed by atoms with van der Waals surface area (Å²) in [4.78, 5) is 10.8. The van der Waals surface area contributed by atoms with Crippen LogP contribution in [0.5, 0.6) is 5.75 Å². The first-order chi connectivity index (χ1) is 10.6. The lowest BCUT2D eigenvalue weighted by Gasteiger charge is -2.13. The maximum Gasteiger partial charge on any atom is 0.328 e. The van der Waals surface area contributed by atoms with Gasteiger partial charge in [0.25, 0.3) is 0 Å². The predicted octanol–water partition coefficient (Wildman–Crippen LogP) is 4.50. The van der Waals surface area contributed by atoms with Crippen molar-refractivity contribution in [2.45, 2.75) is 26.2 Å². The Balaban J connectivity index is 2.55. The van der Waals surface area contributed by atoms with E-state index in [0.717, 1.165) is 36.5 Å². The monoisotopic (exact) mass is 296 g/mol. The SMILES string of the molecule is CCCCc1ccc(/C=C/C(=O)O)c(-c2ccccc2)c1O. The van der Waals surface area contributed by atoms with Gasteiger partial charge < -0.3 is 10.2 Å². The van der Waals surface area contributed by atoms with Crippen LogP contribution in [0.3, 0.4) is 0 Å². The molecule has 0 fully saturated rings. The summed E-state index contributed by atoms with van der Waals surface area (Å²) < 4.78 is 0. The minimum Gasteiger partial charge on any atom is -0.507 e. The molecule has 22 heavy (non-hydrogen) atoms. The first kappa shape index (κ1) is 15.8. The van der Waals surface area contributed by atoms with Gasteiger partial charge in [-0.05, 0) is 35.6 Å². The quantitative estimate of drug-likeness (QED) is 0.772. The molecule has 0 saturated heterocycles. The molecule has 0 aliphatic carbocycles. The molecule has 0 aliphatic heterocycles. The van der Waals surface area contributed by atoms with Crippen molar-refractivity contribution in [2.24, 2.45) is 0 Å². The lowest BCUT2D eigenvalue weighted by molar-refractivity contribution is -0.131. The van der Waals surface area contributed by atoms with E-state index in [1.165, 1.54) is 6.08 Å². The minimum absolute atomic E-state index is 0.243. The number of carboxylic acids is 1. The van der Waals surface area contributed by atoms with E-state index in [-0.39, 0.29) is 5.75 Å². The molecule has 0 aromatic heterocycles. The molecule has 0 saturated carbocycles. The van der Waals surface area contributed by atoms with E-state index < -0.39 is 5.97 Å². The highest BCUT2D eigenvalue weighted by Crippen LogP contribution is 2.37. The van der Waals surface area contributed by atoms with Crippen molar-refractivity contribution in [1.29, 1.82) is 0 Å². The van der Waals surface area contributed by atoms with E-state index >= 15 is 0 Å². The van der Waals surface area contributed by atoms with Gasteiger partial charge in [0.1, 0.15) is 5.75 Å². The first-order valence-corrected chi connectivity index (χ1v) is 7.44. The molecule has 0 aliphatic rings. The molecule has 0 unspecified atom stereocenters. The summed E-state index contributed by atoms with van der Waals surface area (Å²) in [6, 6.07) is 13.3. The van der Waals surface area contributed by atoms with Gasteiger partial charge in [-0.25, -0.2) is 4.79 Å². The van der Waals surface area contributed by atoms with Crippen LogP contribution in [0.4, 0.5) is 0 Å². The van der Waals surface area contributed by atoms with E-state index in [4.69, 9.17) is 5.11 Å². The van der Waals surface area contributed by atoms with Gasteiger partial charge in [-0.2, -0.15) is 0 Å². The summed E-state index contributed by atoms with van der Waals surface area (Å²) in [7, 11) is 0. The highest BCUT2D eigenvalue weighted by Gasteiger charge is 2.13. The fraction of sp³-hybridized carbons (Fsp3) is 0.211. The molecule has 2 aromatic rings. The minimum atomic E-state index is -1.01. The smallest absolute Gasteiger partial charge is 0.328 e. The molecule has 0 radical (unpaired) electrons. The number of aliphatic carboxylic acids is 1. The number of benzene rings is 2. The van der Waals surface area contributed by atoms with Crippen LogP contribution in [-0.4, -0.2) is 16.2 Å². The summed E-state index contributed by atoms with van der Waals surface area (Å²) in [5.74, 6) is -0.763. The molecule has 0 atom stereocenters. The molecule has 0 spiro atoms. The normalized spacial score (nSPS) is 11.0. The van der Waals surface area contributed by atoms with Crippen molar-refractivity contribution >= 4 is 12.0 Å². The summed E-state index contributed by atoms with van der Waals surface area (Å²) in [6.07, 6.45) is 5.49. The maximum atomic E-state index is 10.8. The number of carbonyl (C=O) groups is 1. The Morgan fingerprint density at radius 3 is 2.50 bits per heavy atom. The van der Waals surface area contributed by atoms with E-state index in [9.17, 15) is 9.90 Å². The number of phenolic OH excluding ortho intramolecular Hbond substituents is 1. The molecule has 0 amide bonds. The van der Waals surface area contributed by atoms with Gasteiger partial charge in [0.05, 0.1) is 0 Å². The highest BCUT2D eigenvalue weighted by molar-refractivity contribution is 5.89. The van der Waals surface area contributed by atoms with Crippen molar-refractivity contribution in [3.8, 4) is 16.9 Å². The molecular formula is C19H20O3. The molecule has 3 heteroatoms. The van der Waals surface area contributed by atoms with Gasteiger partial charge in [-0.3, -0.25) is 0 Å². The number of aromatic hydroxyl groups is 1. The third-order valence-electron chi connectivity index (χ3n) is 3.56. The average molecular weight is 296 g/mol. The number of hydrogen-bond acceptors (Lipinski definition) is 2. The van der Waals surface area contributed by atoms with Gasteiger partial charge in [0, 0.05) is 11.6 Å². The number of unbranched alkanes of at least 4 members (excludes halogenated alkanes) is 1. The number of carboxylic acid groups (broad SMARTS) is 1. The van der Waals surface area contributed by atoms with Gasteiger partial charge in [-0.15, -0.1) is 0 Å². The van der Waals surface area contributed by atoms with Crippen LogP contribution >= 0.6 is 0 Å². The molecule has 0 heterocycles. The highest BCUT2D eigenvalue weighted by atomic mass is 16.4. The van der Waals surface area contributed by atoms with Crippen LogP contribution in [0.2, 0.25) is 0 Å². The summed E-state index contributed by atoms with van der Waals surface area (Å²) in [5, 5.41) is 19.5. The second-order valence-electron chi connectivity index (χ2n) is 5.18. The van der Waals surface area contributed by atoms with Gasteiger partial charge in [-0.1, -0.05) is 55.8 Å². The van der Waals surface area contributed by atoms with Gasteiger partial charge >= 0.3 is 5.97 Å². The zero-order chi connectivity index (χ0) is 15.9. The lowest BCUT2D eigenvalue weighted by atomic mass is 9.93. The van der Waals surface area contributed by atoms with Crippen LogP contribution < -0.4 is 0 Å². The molecule has 114 valence electrons. The summed E-state index contributed by atoms with van der Waals surface area (Å²) in [5.41, 5.74) is 3.16. The Bertz CT molecular complexity index is 673. The van der Waals surface area contributed by atoms with Crippen LogP contribution in [0.15, 0.2) is 48.5 Å².